The van der Waals surface area contributed by atoms with Gasteiger partial charge in [-0.3, -0.25) is 4.90 Å². The Morgan fingerprint density at radius 3 is 2.35 bits per heavy atom. The van der Waals surface area contributed by atoms with Gasteiger partial charge in [0.15, 0.2) is 0 Å². The van der Waals surface area contributed by atoms with Crippen LogP contribution in [0.15, 0.2) is 24.3 Å². The predicted molar refractivity (Wildman–Crippen MR) is 87.3 cm³/mol. The average molecular weight is 275 g/mol. The molecule has 1 saturated heterocycles. The molecule has 2 N–H and O–H groups in total. The van der Waals surface area contributed by atoms with Gasteiger partial charge >= 0.3 is 0 Å². The van der Waals surface area contributed by atoms with E-state index in [0.717, 1.165) is 32.6 Å². The van der Waals surface area contributed by atoms with Crippen molar-refractivity contribution in [2.75, 3.05) is 31.1 Å². The zero-order chi connectivity index (χ0) is 14.8. The molecule has 112 valence electrons. The normalized spacial score (nSPS) is 17.8. The van der Waals surface area contributed by atoms with E-state index in [1.165, 1.54) is 11.3 Å². The molecule has 0 unspecified atom stereocenters. The fourth-order valence-electron chi connectivity index (χ4n) is 2.89. The molecule has 0 aromatic heterocycles. The van der Waals surface area contributed by atoms with E-state index < -0.39 is 0 Å². The average Bonchev–Trinajstić information content (AvgIpc) is 2.37. The van der Waals surface area contributed by atoms with E-state index in [4.69, 9.17) is 5.73 Å². The van der Waals surface area contributed by atoms with Crippen LogP contribution in [-0.2, 0) is 6.42 Å². The minimum Gasteiger partial charge on any atom is -0.369 e. The largest absolute Gasteiger partial charge is 0.369 e. The lowest BCUT2D eigenvalue weighted by Gasteiger charge is -2.38. The third-order valence-electron chi connectivity index (χ3n) is 3.98. The van der Waals surface area contributed by atoms with E-state index in [1.807, 2.05) is 0 Å². The molecule has 2 rings (SSSR count). The number of benzene rings is 1. The maximum atomic E-state index is 6.13. The van der Waals surface area contributed by atoms with Gasteiger partial charge in [0, 0.05) is 43.4 Å². The second-order valence-corrected chi connectivity index (χ2v) is 6.95. The van der Waals surface area contributed by atoms with Crippen LogP contribution in [0.4, 0.5) is 5.69 Å². The maximum Gasteiger partial charge on any atom is 0.0369 e. The maximum absolute atomic E-state index is 6.13. The Morgan fingerprint density at radius 2 is 1.80 bits per heavy atom. The van der Waals surface area contributed by atoms with Gasteiger partial charge < -0.3 is 10.6 Å². The number of nitrogens with zero attached hydrogens (tertiary/aromatic N) is 2. The molecule has 3 nitrogen and oxygen atoms in total. The first-order chi connectivity index (χ1) is 9.35. The number of hydrogen-bond acceptors (Lipinski definition) is 3. The molecule has 1 aromatic rings. The second kappa shape index (κ2) is 6.15. The van der Waals surface area contributed by atoms with Gasteiger partial charge in [0.2, 0.25) is 0 Å². The van der Waals surface area contributed by atoms with Crippen LogP contribution in [0.5, 0.6) is 0 Å². The van der Waals surface area contributed by atoms with Crippen molar-refractivity contribution in [3.63, 3.8) is 0 Å². The summed E-state index contributed by atoms with van der Waals surface area (Å²) in [6.07, 6.45) is 0.923. The standard InChI is InChI=1S/C17H29N3/c1-14(2)19-8-10-20(11-9-19)16-7-5-6-15(12-16)13-17(3,4)18/h5-7,12,14H,8-11,13,18H2,1-4H3. The Kier molecular flexibility index (Phi) is 4.71. The van der Waals surface area contributed by atoms with Crippen molar-refractivity contribution < 1.29 is 0 Å². The molecule has 0 atom stereocenters. The fraction of sp³-hybridized carbons (Fsp3) is 0.647. The minimum atomic E-state index is -0.144. The van der Waals surface area contributed by atoms with E-state index >= 15 is 0 Å². The minimum absolute atomic E-state index is 0.144. The lowest BCUT2D eigenvalue weighted by molar-refractivity contribution is 0.209. The van der Waals surface area contributed by atoms with Crippen molar-refractivity contribution >= 4 is 5.69 Å². The molecule has 3 heteroatoms. The molecule has 1 aromatic carbocycles. The van der Waals surface area contributed by atoms with Crippen molar-refractivity contribution in [3.8, 4) is 0 Å². The van der Waals surface area contributed by atoms with E-state index in [2.05, 4.69) is 61.8 Å². The van der Waals surface area contributed by atoms with Gasteiger partial charge in [-0.1, -0.05) is 12.1 Å². The molecule has 1 aliphatic heterocycles. The second-order valence-electron chi connectivity index (χ2n) is 6.95. The van der Waals surface area contributed by atoms with E-state index in [-0.39, 0.29) is 5.54 Å². The molecule has 0 saturated carbocycles. The SMILES string of the molecule is CC(C)N1CCN(c2cccc(CC(C)(C)N)c2)CC1. The zero-order valence-corrected chi connectivity index (χ0v) is 13.4. The summed E-state index contributed by atoms with van der Waals surface area (Å²) < 4.78 is 0. The van der Waals surface area contributed by atoms with Crippen LogP contribution in [0.3, 0.4) is 0 Å². The van der Waals surface area contributed by atoms with Gasteiger partial charge in [0.25, 0.3) is 0 Å². The number of rotatable bonds is 4. The molecule has 1 heterocycles. The van der Waals surface area contributed by atoms with Crippen LogP contribution in [0.2, 0.25) is 0 Å². The number of piperazine rings is 1. The van der Waals surface area contributed by atoms with E-state index in [0.29, 0.717) is 6.04 Å². The molecule has 1 aliphatic rings. The topological polar surface area (TPSA) is 32.5 Å². The van der Waals surface area contributed by atoms with Gasteiger partial charge in [-0.15, -0.1) is 0 Å². The van der Waals surface area contributed by atoms with Crippen molar-refractivity contribution in [2.45, 2.75) is 45.7 Å². The van der Waals surface area contributed by atoms with Crippen LogP contribution in [0.25, 0.3) is 0 Å². The Labute approximate surface area is 123 Å². The lowest BCUT2D eigenvalue weighted by Crippen LogP contribution is -2.48. The summed E-state index contributed by atoms with van der Waals surface area (Å²) in [7, 11) is 0. The molecular weight excluding hydrogens is 246 g/mol. The monoisotopic (exact) mass is 275 g/mol. The third kappa shape index (κ3) is 4.22. The highest BCUT2D eigenvalue weighted by atomic mass is 15.3. The van der Waals surface area contributed by atoms with Crippen LogP contribution in [0.1, 0.15) is 33.3 Å². The van der Waals surface area contributed by atoms with Gasteiger partial charge in [-0.05, 0) is 51.8 Å². The van der Waals surface area contributed by atoms with Crippen molar-refractivity contribution in [1.29, 1.82) is 0 Å². The predicted octanol–water partition coefficient (Wildman–Crippen LogP) is 2.50. The van der Waals surface area contributed by atoms with Gasteiger partial charge in [0.1, 0.15) is 0 Å². The number of hydrogen-bond donors (Lipinski definition) is 1. The number of anilines is 1. The summed E-state index contributed by atoms with van der Waals surface area (Å²) in [5, 5.41) is 0. The Balaban J connectivity index is 2.01. The lowest BCUT2D eigenvalue weighted by atomic mass is 9.96. The van der Waals surface area contributed by atoms with Crippen molar-refractivity contribution in [1.82, 2.24) is 4.90 Å². The fourth-order valence-corrected chi connectivity index (χ4v) is 2.89. The van der Waals surface area contributed by atoms with Crippen molar-refractivity contribution in [2.24, 2.45) is 5.73 Å². The van der Waals surface area contributed by atoms with Gasteiger partial charge in [-0.2, -0.15) is 0 Å². The third-order valence-corrected chi connectivity index (χ3v) is 3.98. The Hall–Kier alpha value is -1.06. The molecule has 0 bridgehead atoms. The molecule has 0 spiro atoms. The Morgan fingerprint density at radius 1 is 1.15 bits per heavy atom. The van der Waals surface area contributed by atoms with Crippen molar-refractivity contribution in [3.05, 3.63) is 29.8 Å². The summed E-state index contributed by atoms with van der Waals surface area (Å²) in [5.74, 6) is 0. The highest BCUT2D eigenvalue weighted by Crippen LogP contribution is 2.20. The summed E-state index contributed by atoms with van der Waals surface area (Å²) in [6.45, 7) is 13.3. The van der Waals surface area contributed by atoms with E-state index in [1.54, 1.807) is 0 Å². The number of nitrogens with two attached hydrogens (primary N) is 1. The zero-order valence-electron chi connectivity index (χ0n) is 13.4. The summed E-state index contributed by atoms with van der Waals surface area (Å²) >= 11 is 0. The van der Waals surface area contributed by atoms with Gasteiger partial charge in [-0.25, -0.2) is 0 Å². The molecule has 20 heavy (non-hydrogen) atoms. The summed E-state index contributed by atoms with van der Waals surface area (Å²) in [6, 6.07) is 9.52. The Bertz CT molecular complexity index is 426. The first-order valence-corrected chi connectivity index (χ1v) is 7.72. The quantitative estimate of drug-likeness (QED) is 0.916. The smallest absolute Gasteiger partial charge is 0.0369 e. The first-order valence-electron chi connectivity index (χ1n) is 7.72. The molecule has 0 aliphatic carbocycles. The first kappa shape index (κ1) is 15.3. The van der Waals surface area contributed by atoms with Gasteiger partial charge in [0.05, 0.1) is 0 Å². The summed E-state index contributed by atoms with van der Waals surface area (Å²) in [5.41, 5.74) is 8.66. The molecule has 0 radical (unpaired) electrons. The highest BCUT2D eigenvalue weighted by Gasteiger charge is 2.19. The molecule has 0 amide bonds. The van der Waals surface area contributed by atoms with E-state index in [9.17, 15) is 0 Å². The summed E-state index contributed by atoms with van der Waals surface area (Å²) in [4.78, 5) is 5.04. The van der Waals surface area contributed by atoms with Crippen LogP contribution >= 0.6 is 0 Å². The molecular formula is C17H29N3. The van der Waals surface area contributed by atoms with Crippen LogP contribution < -0.4 is 10.6 Å². The van der Waals surface area contributed by atoms with Crippen LogP contribution in [-0.4, -0.2) is 42.7 Å². The highest BCUT2D eigenvalue weighted by molar-refractivity contribution is 5.49. The van der Waals surface area contributed by atoms with Crippen LogP contribution in [0, 0.1) is 0 Å². The molecule has 1 fully saturated rings.